The minimum Gasteiger partial charge on any atom is -0.489 e. The van der Waals surface area contributed by atoms with E-state index in [1.165, 1.54) is 0 Å². The second-order valence-corrected chi connectivity index (χ2v) is 7.55. The van der Waals surface area contributed by atoms with E-state index in [-0.39, 0.29) is 13.2 Å². The monoisotopic (exact) mass is 406 g/mol. The van der Waals surface area contributed by atoms with Crippen molar-refractivity contribution < 1.29 is 20.1 Å². The van der Waals surface area contributed by atoms with Gasteiger partial charge >= 0.3 is 0 Å². The van der Waals surface area contributed by atoms with Crippen molar-refractivity contribution >= 4 is 0 Å². The first kappa shape index (κ1) is 22.0. The number of aliphatic hydroxyl groups excluding tert-OH is 2. The zero-order valence-electron chi connectivity index (χ0n) is 17.6. The zero-order chi connectivity index (χ0) is 21.6. The molecular weight excluding hydrogens is 376 g/mol. The van der Waals surface area contributed by atoms with Crippen LogP contribution in [0.3, 0.4) is 0 Å². The summed E-state index contributed by atoms with van der Waals surface area (Å²) in [6, 6.07) is 21.5. The predicted molar refractivity (Wildman–Crippen MR) is 119 cm³/mol. The molecule has 0 aliphatic carbocycles. The van der Waals surface area contributed by atoms with E-state index >= 15 is 0 Å². The number of rotatable bonds is 9. The van der Waals surface area contributed by atoms with Gasteiger partial charge in [0.1, 0.15) is 12.4 Å². The Kier molecular flexibility index (Phi) is 7.27. The van der Waals surface area contributed by atoms with Crippen LogP contribution in [0.2, 0.25) is 0 Å². The first-order valence-electron chi connectivity index (χ1n) is 10.4. The van der Waals surface area contributed by atoms with Gasteiger partial charge in [0.2, 0.25) is 0 Å². The molecule has 4 heteroatoms. The van der Waals surface area contributed by atoms with Crippen LogP contribution >= 0.6 is 0 Å². The summed E-state index contributed by atoms with van der Waals surface area (Å²) in [5.41, 5.74) is 4.65. The molecule has 0 spiro atoms. The Labute approximate surface area is 178 Å². The lowest BCUT2D eigenvalue weighted by Gasteiger charge is -2.26. The molecule has 0 saturated carbocycles. The van der Waals surface area contributed by atoms with Crippen molar-refractivity contribution in [2.75, 3.05) is 0 Å². The smallest absolute Gasteiger partial charge is 0.120 e. The number of hydrogen-bond donors (Lipinski definition) is 3. The molecule has 0 aromatic heterocycles. The molecule has 3 aromatic carbocycles. The van der Waals surface area contributed by atoms with Crippen molar-refractivity contribution in [3.8, 4) is 16.9 Å². The maximum absolute atomic E-state index is 10.7. The molecule has 158 valence electrons. The third kappa shape index (κ3) is 4.90. The molecule has 0 saturated heterocycles. The predicted octanol–water partition coefficient (Wildman–Crippen LogP) is 4.92. The van der Waals surface area contributed by atoms with Crippen LogP contribution in [0.4, 0.5) is 0 Å². The third-order valence-electron chi connectivity index (χ3n) is 5.78. The highest BCUT2D eigenvalue weighted by atomic mass is 16.5. The van der Waals surface area contributed by atoms with Crippen LogP contribution in [0.25, 0.3) is 11.1 Å². The lowest BCUT2D eigenvalue weighted by Crippen LogP contribution is -2.23. The molecule has 0 heterocycles. The van der Waals surface area contributed by atoms with E-state index in [0.29, 0.717) is 25.0 Å². The Morgan fingerprint density at radius 3 is 2.10 bits per heavy atom. The van der Waals surface area contributed by atoms with Gasteiger partial charge in [-0.1, -0.05) is 62.4 Å². The summed E-state index contributed by atoms with van der Waals surface area (Å²) in [4.78, 5) is 0. The highest BCUT2D eigenvalue weighted by molar-refractivity contribution is 5.65. The highest BCUT2D eigenvalue weighted by Crippen LogP contribution is 2.31. The minimum absolute atomic E-state index is 0.0915. The maximum atomic E-state index is 10.7. The van der Waals surface area contributed by atoms with Crippen molar-refractivity contribution in [1.82, 2.24) is 0 Å². The summed E-state index contributed by atoms with van der Waals surface area (Å²) in [6.45, 7) is 4.17. The number of aliphatic hydroxyl groups is 3. The summed E-state index contributed by atoms with van der Waals surface area (Å²) in [5.74, 6) is 0.756. The van der Waals surface area contributed by atoms with Crippen molar-refractivity contribution in [1.29, 1.82) is 0 Å². The average Bonchev–Trinajstić information content (AvgIpc) is 2.82. The fourth-order valence-electron chi connectivity index (χ4n) is 3.63. The van der Waals surface area contributed by atoms with Gasteiger partial charge in [0, 0.05) is 0 Å². The van der Waals surface area contributed by atoms with Gasteiger partial charge in [0.25, 0.3) is 0 Å². The molecule has 0 atom stereocenters. The molecule has 0 radical (unpaired) electrons. The quantitative estimate of drug-likeness (QED) is 0.471. The molecule has 4 nitrogen and oxygen atoms in total. The van der Waals surface area contributed by atoms with E-state index in [2.05, 4.69) is 0 Å². The number of ether oxygens (including phenoxy) is 1. The maximum Gasteiger partial charge on any atom is 0.120 e. The Balaban J connectivity index is 1.74. The normalized spacial score (nSPS) is 11.5. The van der Waals surface area contributed by atoms with E-state index in [1.807, 2.05) is 80.6 Å². The lowest BCUT2D eigenvalue weighted by molar-refractivity contribution is 0.0284. The van der Waals surface area contributed by atoms with E-state index in [4.69, 9.17) is 4.74 Å². The van der Waals surface area contributed by atoms with E-state index in [1.54, 1.807) is 0 Å². The summed E-state index contributed by atoms with van der Waals surface area (Å²) >= 11 is 0. The van der Waals surface area contributed by atoms with Crippen molar-refractivity contribution in [2.45, 2.75) is 52.1 Å². The zero-order valence-corrected chi connectivity index (χ0v) is 17.6. The van der Waals surface area contributed by atoms with Crippen LogP contribution < -0.4 is 4.74 Å². The van der Waals surface area contributed by atoms with Crippen LogP contribution in [-0.4, -0.2) is 15.3 Å². The summed E-state index contributed by atoms with van der Waals surface area (Å²) in [5, 5.41) is 29.5. The Hall–Kier alpha value is -2.66. The first-order chi connectivity index (χ1) is 14.5. The second-order valence-electron chi connectivity index (χ2n) is 7.55. The fourth-order valence-corrected chi connectivity index (χ4v) is 3.63. The van der Waals surface area contributed by atoms with Gasteiger partial charge in [-0.2, -0.15) is 0 Å². The van der Waals surface area contributed by atoms with Crippen molar-refractivity contribution in [2.24, 2.45) is 0 Å². The topological polar surface area (TPSA) is 69.9 Å². The summed E-state index contributed by atoms with van der Waals surface area (Å²) < 4.78 is 5.96. The Morgan fingerprint density at radius 1 is 0.767 bits per heavy atom. The van der Waals surface area contributed by atoms with Crippen LogP contribution in [0.15, 0.2) is 66.7 Å². The summed E-state index contributed by atoms with van der Waals surface area (Å²) in [6.07, 6.45) is 1.37. The molecular formula is C26H30O4. The van der Waals surface area contributed by atoms with E-state index in [9.17, 15) is 15.3 Å². The van der Waals surface area contributed by atoms with Gasteiger partial charge in [0.05, 0.1) is 18.8 Å². The van der Waals surface area contributed by atoms with Gasteiger partial charge < -0.3 is 20.1 Å². The van der Waals surface area contributed by atoms with Crippen LogP contribution in [0.5, 0.6) is 5.75 Å². The van der Waals surface area contributed by atoms with E-state index in [0.717, 1.165) is 33.6 Å². The molecule has 3 N–H and O–H groups in total. The second kappa shape index (κ2) is 9.90. The van der Waals surface area contributed by atoms with Crippen molar-refractivity contribution in [3.05, 3.63) is 89.0 Å². The fraction of sp³-hybridized carbons (Fsp3) is 0.308. The lowest BCUT2D eigenvalue weighted by atomic mass is 9.88. The van der Waals surface area contributed by atoms with Crippen LogP contribution in [0.1, 0.15) is 48.9 Å². The van der Waals surface area contributed by atoms with Gasteiger partial charge in [-0.3, -0.25) is 0 Å². The van der Waals surface area contributed by atoms with Gasteiger partial charge in [0.15, 0.2) is 0 Å². The molecule has 30 heavy (non-hydrogen) atoms. The van der Waals surface area contributed by atoms with Crippen LogP contribution in [0, 0.1) is 0 Å². The third-order valence-corrected chi connectivity index (χ3v) is 5.78. The summed E-state index contributed by atoms with van der Waals surface area (Å²) in [7, 11) is 0. The molecule has 0 aliphatic heterocycles. The molecule has 0 unspecified atom stereocenters. The molecule has 0 amide bonds. The average molecular weight is 407 g/mol. The largest absolute Gasteiger partial charge is 0.489 e. The first-order valence-corrected chi connectivity index (χ1v) is 10.4. The molecule has 3 rings (SSSR count). The standard InChI is InChI=1S/C26H30O4/c1-3-26(29,4-2)24-12-10-20(11-13-24)21-6-5-7-25(15-21)30-18-19-8-9-22(16-27)23(14-19)17-28/h5-15,27-29H,3-4,16-18H2,1-2H3. The molecule has 0 fully saturated rings. The van der Waals surface area contributed by atoms with E-state index < -0.39 is 5.60 Å². The Morgan fingerprint density at radius 2 is 1.47 bits per heavy atom. The van der Waals surface area contributed by atoms with Crippen LogP contribution in [-0.2, 0) is 25.4 Å². The SMILES string of the molecule is CCC(O)(CC)c1ccc(-c2cccc(OCc3ccc(CO)c(CO)c3)c2)cc1. The Bertz CT molecular complexity index is 959. The van der Waals surface area contributed by atoms with Gasteiger partial charge in [-0.05, 0) is 64.4 Å². The number of benzene rings is 3. The van der Waals surface area contributed by atoms with Crippen molar-refractivity contribution in [3.63, 3.8) is 0 Å². The number of hydrogen-bond acceptors (Lipinski definition) is 4. The van der Waals surface area contributed by atoms with Gasteiger partial charge in [-0.25, -0.2) is 0 Å². The highest BCUT2D eigenvalue weighted by Gasteiger charge is 2.24. The van der Waals surface area contributed by atoms with Gasteiger partial charge in [-0.15, -0.1) is 0 Å². The molecule has 0 bridgehead atoms. The molecule has 0 aliphatic rings. The minimum atomic E-state index is -0.775. The molecule has 3 aromatic rings.